The maximum atomic E-state index is 14.2. The van der Waals surface area contributed by atoms with E-state index < -0.39 is 0 Å². The molecule has 2 fully saturated rings. The van der Waals surface area contributed by atoms with E-state index in [9.17, 15) is 4.79 Å². The van der Waals surface area contributed by atoms with E-state index >= 15 is 0 Å². The van der Waals surface area contributed by atoms with Crippen LogP contribution in [0.15, 0.2) is 48.8 Å². The zero-order valence-corrected chi connectivity index (χ0v) is 24.2. The molecule has 1 amide bonds. The second-order valence-electron chi connectivity index (χ2n) is 11.6. The molecule has 0 saturated carbocycles. The van der Waals surface area contributed by atoms with Crippen molar-refractivity contribution >= 4 is 47.3 Å². The molecule has 1 N–H and O–H groups in total. The number of carbonyl (C=O) groups is 1. The third-order valence-electron chi connectivity index (χ3n) is 8.60. The number of amides is 1. The zero-order chi connectivity index (χ0) is 24.9. The van der Waals surface area contributed by atoms with Crippen LogP contribution in [0.2, 0.25) is 0 Å². The van der Waals surface area contributed by atoms with Crippen LogP contribution in [0.25, 0.3) is 10.8 Å². The van der Waals surface area contributed by atoms with Crippen molar-refractivity contribution < 1.29 is 4.79 Å². The topological polar surface area (TPSA) is 61.4 Å². The van der Waals surface area contributed by atoms with Gasteiger partial charge in [-0.05, 0) is 61.8 Å². The smallest absolute Gasteiger partial charge is 0.231 e. The molecule has 38 heavy (non-hydrogen) atoms. The molecule has 0 radical (unpaired) electrons. The average Bonchev–Trinajstić information content (AvgIpc) is 3.45. The Kier molecular flexibility index (Phi) is 8.55. The minimum atomic E-state index is -0.175. The van der Waals surface area contributed by atoms with Crippen molar-refractivity contribution in [1.29, 1.82) is 0 Å². The van der Waals surface area contributed by atoms with Gasteiger partial charge in [0.25, 0.3) is 0 Å². The SMILES string of the molecule is C[C@@H]1CCc2ncnc(N3CCN(C(=O)[C@@H](c4ccc5ccccc5c4)[C@@H]4CCC(C)(C)N4)CC3)c21.Cl.Cl. The van der Waals surface area contributed by atoms with E-state index in [4.69, 9.17) is 0 Å². The van der Waals surface area contributed by atoms with Gasteiger partial charge in [-0.3, -0.25) is 4.79 Å². The van der Waals surface area contributed by atoms with Crippen molar-refractivity contribution in [2.75, 3.05) is 31.1 Å². The number of hydrogen-bond acceptors (Lipinski definition) is 5. The zero-order valence-electron chi connectivity index (χ0n) is 22.5. The maximum absolute atomic E-state index is 14.2. The first-order chi connectivity index (χ1) is 17.4. The number of carbonyl (C=O) groups excluding carboxylic acids is 1. The predicted octanol–water partition coefficient (Wildman–Crippen LogP) is 5.49. The van der Waals surface area contributed by atoms with Gasteiger partial charge in [0.2, 0.25) is 5.91 Å². The Morgan fingerprint density at radius 2 is 1.74 bits per heavy atom. The quantitative estimate of drug-likeness (QED) is 0.461. The number of aromatic nitrogens is 2. The first-order valence-electron chi connectivity index (χ1n) is 13.5. The highest BCUT2D eigenvalue weighted by Gasteiger charge is 2.41. The summed E-state index contributed by atoms with van der Waals surface area (Å²) in [5.74, 6) is 1.67. The number of halogens is 2. The summed E-state index contributed by atoms with van der Waals surface area (Å²) in [6.07, 6.45) is 6.01. The summed E-state index contributed by atoms with van der Waals surface area (Å²) < 4.78 is 0. The fourth-order valence-electron chi connectivity index (χ4n) is 6.57. The van der Waals surface area contributed by atoms with Crippen LogP contribution < -0.4 is 10.2 Å². The van der Waals surface area contributed by atoms with E-state index in [1.807, 2.05) is 0 Å². The third kappa shape index (κ3) is 5.36. The number of fused-ring (bicyclic) bond motifs is 2. The Balaban J connectivity index is 0.00000168. The Bertz CT molecular complexity index is 1290. The third-order valence-corrected chi connectivity index (χ3v) is 8.60. The first-order valence-corrected chi connectivity index (χ1v) is 13.5. The molecule has 204 valence electrons. The molecule has 1 aromatic heterocycles. The molecule has 6 rings (SSSR count). The van der Waals surface area contributed by atoms with Crippen molar-refractivity contribution in [3.8, 4) is 0 Å². The molecule has 3 heterocycles. The lowest BCUT2D eigenvalue weighted by molar-refractivity contribution is -0.133. The van der Waals surface area contributed by atoms with Gasteiger partial charge in [0.15, 0.2) is 0 Å². The van der Waals surface area contributed by atoms with Crippen molar-refractivity contribution in [1.82, 2.24) is 20.2 Å². The number of hydrogen-bond donors (Lipinski definition) is 1. The van der Waals surface area contributed by atoms with Crippen LogP contribution in [0.3, 0.4) is 0 Å². The lowest BCUT2D eigenvalue weighted by Gasteiger charge is -2.39. The second-order valence-corrected chi connectivity index (χ2v) is 11.6. The summed E-state index contributed by atoms with van der Waals surface area (Å²) in [7, 11) is 0. The van der Waals surface area contributed by atoms with Gasteiger partial charge in [-0.15, -0.1) is 24.8 Å². The summed E-state index contributed by atoms with van der Waals surface area (Å²) in [6.45, 7) is 9.86. The highest BCUT2D eigenvalue weighted by molar-refractivity contribution is 5.89. The van der Waals surface area contributed by atoms with Gasteiger partial charge in [0.05, 0.1) is 5.92 Å². The Morgan fingerprint density at radius 3 is 2.45 bits per heavy atom. The monoisotopic (exact) mass is 555 g/mol. The van der Waals surface area contributed by atoms with E-state index in [-0.39, 0.29) is 48.2 Å². The molecule has 3 aliphatic rings. The molecule has 2 aliphatic heterocycles. The Morgan fingerprint density at radius 1 is 1.00 bits per heavy atom. The van der Waals surface area contributed by atoms with Crippen LogP contribution in [-0.4, -0.2) is 58.5 Å². The van der Waals surface area contributed by atoms with E-state index in [1.165, 1.54) is 22.0 Å². The molecule has 0 bridgehead atoms. The summed E-state index contributed by atoms with van der Waals surface area (Å²) >= 11 is 0. The summed E-state index contributed by atoms with van der Waals surface area (Å²) in [5, 5.41) is 6.20. The lowest BCUT2D eigenvalue weighted by Crippen LogP contribution is -2.53. The van der Waals surface area contributed by atoms with Crippen molar-refractivity contribution in [3.63, 3.8) is 0 Å². The predicted molar refractivity (Wildman–Crippen MR) is 159 cm³/mol. The molecule has 0 unspecified atom stereocenters. The average molecular weight is 557 g/mol. The fourth-order valence-corrected chi connectivity index (χ4v) is 6.57. The fraction of sp³-hybridized carbons (Fsp3) is 0.500. The molecule has 2 aromatic carbocycles. The van der Waals surface area contributed by atoms with Crippen LogP contribution >= 0.6 is 24.8 Å². The minimum Gasteiger partial charge on any atom is -0.353 e. The van der Waals surface area contributed by atoms with E-state index in [2.05, 4.69) is 88.3 Å². The van der Waals surface area contributed by atoms with Crippen LogP contribution in [0.5, 0.6) is 0 Å². The molecule has 0 spiro atoms. The van der Waals surface area contributed by atoms with E-state index in [1.54, 1.807) is 6.33 Å². The molecule has 3 aromatic rings. The largest absolute Gasteiger partial charge is 0.353 e. The van der Waals surface area contributed by atoms with Crippen molar-refractivity contribution in [2.45, 2.75) is 69.9 Å². The van der Waals surface area contributed by atoms with Crippen LogP contribution in [0, 0.1) is 0 Å². The summed E-state index contributed by atoms with van der Waals surface area (Å²) in [6, 6.07) is 15.1. The number of rotatable bonds is 4. The van der Waals surface area contributed by atoms with Gasteiger partial charge in [-0.2, -0.15) is 0 Å². The molecule has 1 aliphatic carbocycles. The van der Waals surface area contributed by atoms with Crippen LogP contribution in [0.1, 0.15) is 68.7 Å². The number of piperazine rings is 1. The van der Waals surface area contributed by atoms with Crippen molar-refractivity contribution in [2.24, 2.45) is 0 Å². The number of aryl methyl sites for hydroxylation is 1. The van der Waals surface area contributed by atoms with Gasteiger partial charge < -0.3 is 15.1 Å². The van der Waals surface area contributed by atoms with Crippen molar-refractivity contribution in [3.05, 3.63) is 65.6 Å². The highest BCUT2D eigenvalue weighted by Crippen LogP contribution is 2.38. The molecular formula is C30H39Cl2N5O. The highest BCUT2D eigenvalue weighted by atomic mass is 35.5. The number of benzene rings is 2. The Hall–Kier alpha value is -2.41. The molecule has 2 saturated heterocycles. The lowest BCUT2D eigenvalue weighted by atomic mass is 9.87. The summed E-state index contributed by atoms with van der Waals surface area (Å²) in [5.41, 5.74) is 3.71. The molecule has 3 atom stereocenters. The van der Waals surface area contributed by atoms with Gasteiger partial charge >= 0.3 is 0 Å². The molecule has 8 heteroatoms. The van der Waals surface area contributed by atoms with Crippen LogP contribution in [0.4, 0.5) is 5.82 Å². The maximum Gasteiger partial charge on any atom is 0.231 e. The number of nitrogens with zero attached hydrogens (tertiary/aromatic N) is 4. The van der Waals surface area contributed by atoms with E-state index in [0.29, 0.717) is 5.92 Å². The Labute approximate surface area is 238 Å². The van der Waals surface area contributed by atoms with E-state index in [0.717, 1.165) is 63.2 Å². The second kappa shape index (κ2) is 11.4. The molecule has 6 nitrogen and oxygen atoms in total. The van der Waals surface area contributed by atoms with Gasteiger partial charge in [0.1, 0.15) is 12.1 Å². The standard InChI is InChI=1S/C30H37N5O.2ClH/c1-20-8-11-24-26(20)28(32-19-31-24)34-14-16-35(17-15-34)29(36)27(25-12-13-30(2,3)33-25)23-10-9-21-6-4-5-7-22(21)18-23;;/h4-7,9-10,18-20,25,27,33H,8,11-17H2,1-3H3;2*1H/t20-,25+,27+;;/m1../s1. The minimum absolute atomic E-state index is 0. The van der Waals surface area contributed by atoms with Crippen LogP contribution in [-0.2, 0) is 11.2 Å². The van der Waals surface area contributed by atoms with Gasteiger partial charge in [0, 0.05) is 49.0 Å². The first kappa shape index (κ1) is 28.6. The normalized spacial score (nSPS) is 22.9. The number of nitrogens with one attached hydrogen (secondary N) is 1. The molecular weight excluding hydrogens is 517 g/mol. The summed E-state index contributed by atoms with van der Waals surface area (Å²) in [4.78, 5) is 27.8. The van der Waals surface area contributed by atoms with Gasteiger partial charge in [-0.25, -0.2) is 9.97 Å². The van der Waals surface area contributed by atoms with Gasteiger partial charge in [-0.1, -0.05) is 49.4 Å². The number of anilines is 1.